The van der Waals surface area contributed by atoms with Gasteiger partial charge in [-0.1, -0.05) is 18.2 Å². The molecule has 9 heteroatoms. The Morgan fingerprint density at radius 2 is 1.73 bits per heavy atom. The standard InChI is InChI=1S/C27H34F2N2O3.CH3NO/c1-27(2,29)18-30-12-9-19(10-13-30)17-34-23-6-3-20(4-7-23)21-5-8-24(25(28)15-21)26(33)31-14-11-22(32)16-31;2-1-3/h3-8,15,19,22,32H,9-14,16-18H2,1-2H3;1H,(H2,2,3). The minimum Gasteiger partial charge on any atom is -0.493 e. The summed E-state index contributed by atoms with van der Waals surface area (Å²) in [6.45, 7) is 6.81. The van der Waals surface area contributed by atoms with E-state index in [0.717, 1.165) is 37.2 Å². The van der Waals surface area contributed by atoms with Gasteiger partial charge in [-0.05, 0) is 87.5 Å². The van der Waals surface area contributed by atoms with Gasteiger partial charge in [0.25, 0.3) is 5.91 Å². The average Bonchev–Trinajstić information content (AvgIpc) is 3.29. The summed E-state index contributed by atoms with van der Waals surface area (Å²) in [7, 11) is 0. The fourth-order valence-corrected chi connectivity index (χ4v) is 4.77. The normalized spacial score (nSPS) is 18.7. The van der Waals surface area contributed by atoms with Crippen LogP contribution < -0.4 is 10.5 Å². The molecule has 37 heavy (non-hydrogen) atoms. The summed E-state index contributed by atoms with van der Waals surface area (Å²) in [5.74, 6) is 0.265. The lowest BCUT2D eigenvalue weighted by molar-refractivity contribution is -0.106. The van der Waals surface area contributed by atoms with Crippen LogP contribution in [0.1, 0.15) is 43.5 Å². The van der Waals surface area contributed by atoms with Crippen LogP contribution in [0, 0.1) is 11.7 Å². The van der Waals surface area contributed by atoms with E-state index in [0.29, 0.717) is 37.6 Å². The Morgan fingerprint density at radius 3 is 2.27 bits per heavy atom. The number of amides is 2. The van der Waals surface area contributed by atoms with Gasteiger partial charge in [-0.2, -0.15) is 0 Å². The number of carbonyl (C=O) groups is 2. The predicted octanol–water partition coefficient (Wildman–Crippen LogP) is 3.64. The Morgan fingerprint density at radius 1 is 1.11 bits per heavy atom. The maximum absolute atomic E-state index is 14.7. The van der Waals surface area contributed by atoms with Gasteiger partial charge in [-0.25, -0.2) is 8.78 Å². The van der Waals surface area contributed by atoms with Gasteiger partial charge in [-0.3, -0.25) is 9.59 Å². The Bertz CT molecular complexity index is 1030. The van der Waals surface area contributed by atoms with E-state index in [9.17, 15) is 18.7 Å². The number of ether oxygens (including phenoxy) is 1. The number of piperidine rings is 1. The number of nitrogens with two attached hydrogens (primary N) is 1. The van der Waals surface area contributed by atoms with E-state index >= 15 is 0 Å². The minimum absolute atomic E-state index is 0.0268. The number of halogens is 2. The van der Waals surface area contributed by atoms with Crippen molar-refractivity contribution in [2.24, 2.45) is 11.7 Å². The number of aliphatic hydroxyl groups excluding tert-OH is 1. The number of carbonyl (C=O) groups excluding carboxylic acids is 2. The highest BCUT2D eigenvalue weighted by Crippen LogP contribution is 2.27. The molecule has 7 nitrogen and oxygen atoms in total. The largest absolute Gasteiger partial charge is 0.493 e. The highest BCUT2D eigenvalue weighted by Gasteiger charge is 2.27. The molecule has 2 fully saturated rings. The predicted molar refractivity (Wildman–Crippen MR) is 138 cm³/mol. The van der Waals surface area contributed by atoms with E-state index in [-0.39, 0.29) is 24.4 Å². The van der Waals surface area contributed by atoms with Gasteiger partial charge >= 0.3 is 0 Å². The van der Waals surface area contributed by atoms with Crippen molar-refractivity contribution in [2.75, 3.05) is 39.3 Å². The molecule has 2 aliphatic rings. The number of aliphatic hydroxyl groups is 1. The van der Waals surface area contributed by atoms with Crippen LogP contribution in [-0.2, 0) is 4.79 Å². The molecule has 0 aliphatic carbocycles. The van der Waals surface area contributed by atoms with Crippen molar-refractivity contribution in [1.29, 1.82) is 0 Å². The van der Waals surface area contributed by atoms with E-state index in [2.05, 4.69) is 10.6 Å². The third-order valence-corrected chi connectivity index (χ3v) is 6.63. The fraction of sp³-hybridized carbons (Fsp3) is 0.500. The molecule has 2 aromatic rings. The topological polar surface area (TPSA) is 96.1 Å². The zero-order chi connectivity index (χ0) is 27.0. The zero-order valence-electron chi connectivity index (χ0n) is 21.5. The van der Waals surface area contributed by atoms with Crippen molar-refractivity contribution in [3.05, 3.63) is 53.8 Å². The van der Waals surface area contributed by atoms with Crippen LogP contribution in [0.2, 0.25) is 0 Å². The van der Waals surface area contributed by atoms with Crippen LogP contribution in [-0.4, -0.2) is 78.3 Å². The molecule has 1 atom stereocenters. The number of alkyl halides is 1. The van der Waals surface area contributed by atoms with Crippen molar-refractivity contribution in [1.82, 2.24) is 9.80 Å². The second-order valence-electron chi connectivity index (χ2n) is 10.3. The van der Waals surface area contributed by atoms with Gasteiger partial charge < -0.3 is 25.4 Å². The van der Waals surface area contributed by atoms with Gasteiger partial charge in [0.05, 0.1) is 18.3 Å². The SMILES string of the molecule is CC(C)(F)CN1CCC(COc2ccc(-c3ccc(C(=O)N4CCC(O)C4)c(F)c3)cc2)CC1.NC=O. The molecule has 4 rings (SSSR count). The number of hydrogen-bond acceptors (Lipinski definition) is 5. The quantitative estimate of drug-likeness (QED) is 0.547. The lowest BCUT2D eigenvalue weighted by Crippen LogP contribution is -2.41. The van der Waals surface area contributed by atoms with Crippen molar-refractivity contribution in [3.8, 4) is 16.9 Å². The first kappa shape index (κ1) is 28.5. The second kappa shape index (κ2) is 13.0. The molecule has 2 heterocycles. The summed E-state index contributed by atoms with van der Waals surface area (Å²) >= 11 is 0. The Labute approximate surface area is 217 Å². The highest BCUT2D eigenvalue weighted by atomic mass is 19.1. The lowest BCUT2D eigenvalue weighted by Gasteiger charge is -2.34. The molecular weight excluding hydrogens is 480 g/mol. The van der Waals surface area contributed by atoms with E-state index in [4.69, 9.17) is 9.53 Å². The molecule has 0 spiro atoms. The van der Waals surface area contributed by atoms with Gasteiger partial charge in [-0.15, -0.1) is 0 Å². The van der Waals surface area contributed by atoms with E-state index in [1.54, 1.807) is 19.9 Å². The number of primary amides is 1. The average molecular weight is 518 g/mol. The smallest absolute Gasteiger partial charge is 0.256 e. The van der Waals surface area contributed by atoms with E-state index in [1.807, 2.05) is 24.3 Å². The van der Waals surface area contributed by atoms with Gasteiger partial charge in [0.15, 0.2) is 0 Å². The van der Waals surface area contributed by atoms with Crippen LogP contribution in [0.5, 0.6) is 5.75 Å². The number of likely N-dealkylation sites (tertiary alicyclic amines) is 2. The van der Waals surface area contributed by atoms with Crippen LogP contribution in [0.15, 0.2) is 42.5 Å². The first-order chi connectivity index (χ1) is 17.6. The number of benzene rings is 2. The summed E-state index contributed by atoms with van der Waals surface area (Å²) in [6, 6.07) is 12.1. The maximum Gasteiger partial charge on any atom is 0.256 e. The molecule has 2 aromatic carbocycles. The van der Waals surface area contributed by atoms with Crippen LogP contribution in [0.4, 0.5) is 8.78 Å². The Kier molecular flexibility index (Phi) is 10.00. The van der Waals surface area contributed by atoms with E-state index in [1.165, 1.54) is 17.0 Å². The van der Waals surface area contributed by atoms with Gasteiger partial charge in [0.2, 0.25) is 6.41 Å². The third kappa shape index (κ3) is 8.50. The first-order valence-corrected chi connectivity index (χ1v) is 12.7. The summed E-state index contributed by atoms with van der Waals surface area (Å²) in [4.78, 5) is 24.8. The third-order valence-electron chi connectivity index (χ3n) is 6.63. The Balaban J connectivity index is 0.00000121. The molecule has 1 unspecified atom stereocenters. The number of rotatable bonds is 7. The number of nitrogens with zero attached hydrogens (tertiary/aromatic N) is 2. The molecule has 0 bridgehead atoms. The molecule has 2 aliphatic heterocycles. The summed E-state index contributed by atoms with van der Waals surface area (Å²) < 4.78 is 34.5. The van der Waals surface area contributed by atoms with Crippen molar-refractivity contribution in [2.45, 2.75) is 44.9 Å². The van der Waals surface area contributed by atoms with Crippen LogP contribution >= 0.6 is 0 Å². The fourth-order valence-electron chi connectivity index (χ4n) is 4.77. The summed E-state index contributed by atoms with van der Waals surface area (Å²) in [5, 5.41) is 9.63. The maximum atomic E-state index is 14.7. The molecule has 3 N–H and O–H groups in total. The lowest BCUT2D eigenvalue weighted by atomic mass is 9.97. The van der Waals surface area contributed by atoms with Crippen molar-refractivity contribution < 1.29 is 28.2 Å². The molecule has 0 saturated carbocycles. The molecule has 0 radical (unpaired) electrons. The molecule has 202 valence electrons. The van der Waals surface area contributed by atoms with Crippen LogP contribution in [0.3, 0.4) is 0 Å². The van der Waals surface area contributed by atoms with E-state index < -0.39 is 17.6 Å². The van der Waals surface area contributed by atoms with Crippen molar-refractivity contribution in [3.63, 3.8) is 0 Å². The number of hydrogen-bond donors (Lipinski definition) is 2. The van der Waals surface area contributed by atoms with Gasteiger partial charge in [0, 0.05) is 19.6 Å². The minimum atomic E-state index is -1.17. The number of β-amino-alcohol motifs (C(OH)–C–C–N with tert-alkyl or cyclic N) is 1. The van der Waals surface area contributed by atoms with Crippen LogP contribution in [0.25, 0.3) is 11.1 Å². The molecule has 0 aromatic heterocycles. The molecule has 2 saturated heterocycles. The first-order valence-electron chi connectivity index (χ1n) is 12.7. The molecule has 2 amide bonds. The Hall–Kier alpha value is -3.04. The van der Waals surface area contributed by atoms with Gasteiger partial charge in [0.1, 0.15) is 17.2 Å². The van der Waals surface area contributed by atoms with Crippen molar-refractivity contribution >= 4 is 12.3 Å². The summed E-state index contributed by atoms with van der Waals surface area (Å²) in [6.07, 6.45) is 2.23. The molecular formula is C28H37F2N3O4. The second-order valence-corrected chi connectivity index (χ2v) is 10.3. The monoisotopic (exact) mass is 517 g/mol. The highest BCUT2D eigenvalue weighted by molar-refractivity contribution is 5.95. The summed E-state index contributed by atoms with van der Waals surface area (Å²) in [5.41, 5.74) is 4.55. The zero-order valence-corrected chi connectivity index (χ0v) is 21.5.